The summed E-state index contributed by atoms with van der Waals surface area (Å²) in [5, 5.41) is 2.89. The maximum absolute atomic E-state index is 12.3. The summed E-state index contributed by atoms with van der Waals surface area (Å²) in [6.07, 6.45) is 2.97. The Hall–Kier alpha value is -1.53. The quantitative estimate of drug-likeness (QED) is 0.584. The predicted octanol–water partition coefficient (Wildman–Crippen LogP) is 2.17. The van der Waals surface area contributed by atoms with Crippen molar-refractivity contribution in [3.05, 3.63) is 29.8 Å². The van der Waals surface area contributed by atoms with Gasteiger partial charge in [0.2, 0.25) is 5.91 Å². The number of ether oxygens (including phenoxy) is 1. The van der Waals surface area contributed by atoms with E-state index in [2.05, 4.69) is 5.32 Å². The SMILES string of the molecule is COCCCNC(=O)c1ccccc1SCC(=O)N1CCCC1. The van der Waals surface area contributed by atoms with E-state index in [1.54, 1.807) is 13.2 Å². The normalized spacial score (nSPS) is 14.0. The van der Waals surface area contributed by atoms with Crippen molar-refractivity contribution in [1.29, 1.82) is 0 Å². The Balaban J connectivity index is 1.88. The van der Waals surface area contributed by atoms with Crippen molar-refractivity contribution in [3.8, 4) is 0 Å². The molecule has 1 saturated heterocycles. The minimum Gasteiger partial charge on any atom is -0.385 e. The van der Waals surface area contributed by atoms with Crippen LogP contribution >= 0.6 is 11.8 Å². The van der Waals surface area contributed by atoms with Gasteiger partial charge in [-0.3, -0.25) is 9.59 Å². The largest absolute Gasteiger partial charge is 0.385 e. The van der Waals surface area contributed by atoms with Gasteiger partial charge in [0.25, 0.3) is 5.91 Å². The molecule has 1 heterocycles. The molecule has 0 aliphatic carbocycles. The summed E-state index contributed by atoms with van der Waals surface area (Å²) >= 11 is 1.44. The zero-order valence-corrected chi connectivity index (χ0v) is 14.4. The van der Waals surface area contributed by atoms with Crippen LogP contribution < -0.4 is 5.32 Å². The fourth-order valence-corrected chi connectivity index (χ4v) is 3.44. The first kappa shape index (κ1) is 17.8. The van der Waals surface area contributed by atoms with Gasteiger partial charge in [0.15, 0.2) is 0 Å². The van der Waals surface area contributed by atoms with Crippen molar-refractivity contribution >= 4 is 23.6 Å². The smallest absolute Gasteiger partial charge is 0.252 e. The molecule has 2 amide bonds. The highest BCUT2D eigenvalue weighted by atomic mass is 32.2. The minimum atomic E-state index is -0.0992. The fourth-order valence-electron chi connectivity index (χ4n) is 2.49. The van der Waals surface area contributed by atoms with Gasteiger partial charge < -0.3 is 15.0 Å². The average Bonchev–Trinajstić information content (AvgIpc) is 3.11. The summed E-state index contributed by atoms with van der Waals surface area (Å²) < 4.78 is 4.97. The molecule has 6 heteroatoms. The molecule has 126 valence electrons. The lowest BCUT2D eigenvalue weighted by Crippen LogP contribution is -2.29. The summed E-state index contributed by atoms with van der Waals surface area (Å²) in [6.45, 7) is 2.93. The van der Waals surface area contributed by atoms with Crippen molar-refractivity contribution in [2.24, 2.45) is 0 Å². The lowest BCUT2D eigenvalue weighted by Gasteiger charge is -2.15. The molecule has 0 unspecified atom stereocenters. The number of thioether (sulfide) groups is 1. The van der Waals surface area contributed by atoms with Crippen LogP contribution in [0, 0.1) is 0 Å². The standard InChI is InChI=1S/C17H24N2O3S/c1-22-12-6-9-18-17(21)14-7-2-3-8-15(14)23-13-16(20)19-10-4-5-11-19/h2-3,7-8H,4-6,9-13H2,1H3,(H,18,21). The first-order valence-electron chi connectivity index (χ1n) is 7.99. The Bertz CT molecular complexity index is 530. The number of methoxy groups -OCH3 is 1. The average molecular weight is 336 g/mol. The highest BCUT2D eigenvalue weighted by Crippen LogP contribution is 2.23. The molecule has 1 aromatic carbocycles. The number of carbonyl (C=O) groups excluding carboxylic acids is 2. The van der Waals surface area contributed by atoms with Gasteiger partial charge in [0.1, 0.15) is 0 Å². The van der Waals surface area contributed by atoms with E-state index in [0.717, 1.165) is 37.2 Å². The van der Waals surface area contributed by atoms with E-state index in [1.807, 2.05) is 23.1 Å². The molecule has 1 aliphatic heterocycles. The number of hydrogen-bond donors (Lipinski definition) is 1. The first-order chi connectivity index (χ1) is 11.2. The van der Waals surface area contributed by atoms with E-state index >= 15 is 0 Å². The number of likely N-dealkylation sites (tertiary alicyclic amines) is 1. The van der Waals surface area contributed by atoms with E-state index < -0.39 is 0 Å². The fraction of sp³-hybridized carbons (Fsp3) is 0.529. The van der Waals surface area contributed by atoms with Gasteiger partial charge in [-0.1, -0.05) is 12.1 Å². The van der Waals surface area contributed by atoms with Crippen LogP contribution in [0.15, 0.2) is 29.2 Å². The third-order valence-electron chi connectivity index (χ3n) is 3.75. The topological polar surface area (TPSA) is 58.6 Å². The van der Waals surface area contributed by atoms with Gasteiger partial charge in [0, 0.05) is 38.2 Å². The zero-order chi connectivity index (χ0) is 16.5. The molecule has 1 aliphatic rings. The lowest BCUT2D eigenvalue weighted by atomic mass is 10.2. The summed E-state index contributed by atoms with van der Waals surface area (Å²) in [7, 11) is 1.64. The third kappa shape index (κ3) is 5.55. The molecule has 2 rings (SSSR count). The van der Waals surface area contributed by atoms with Crippen LogP contribution in [0.5, 0.6) is 0 Å². The number of rotatable bonds is 8. The monoisotopic (exact) mass is 336 g/mol. The molecule has 0 saturated carbocycles. The van der Waals surface area contributed by atoms with Gasteiger partial charge in [-0.25, -0.2) is 0 Å². The maximum Gasteiger partial charge on any atom is 0.252 e. The van der Waals surface area contributed by atoms with E-state index in [1.165, 1.54) is 11.8 Å². The van der Waals surface area contributed by atoms with Crippen molar-refractivity contribution in [1.82, 2.24) is 10.2 Å². The van der Waals surface area contributed by atoms with Gasteiger partial charge in [0.05, 0.1) is 11.3 Å². The molecule has 5 nitrogen and oxygen atoms in total. The molecule has 0 radical (unpaired) electrons. The van der Waals surface area contributed by atoms with Crippen molar-refractivity contribution < 1.29 is 14.3 Å². The van der Waals surface area contributed by atoms with Crippen molar-refractivity contribution in [2.45, 2.75) is 24.2 Å². The van der Waals surface area contributed by atoms with E-state index in [-0.39, 0.29) is 11.8 Å². The Morgan fingerprint density at radius 3 is 2.74 bits per heavy atom. The molecule has 0 atom stereocenters. The summed E-state index contributed by atoms with van der Waals surface area (Å²) in [5.41, 5.74) is 0.629. The molecule has 1 aromatic rings. The maximum atomic E-state index is 12.3. The number of amides is 2. The second-order valence-corrected chi connectivity index (χ2v) is 6.49. The molecule has 1 fully saturated rings. The number of nitrogens with zero attached hydrogens (tertiary/aromatic N) is 1. The van der Waals surface area contributed by atoms with Crippen LogP contribution in [0.3, 0.4) is 0 Å². The Morgan fingerprint density at radius 2 is 2.00 bits per heavy atom. The third-order valence-corrected chi connectivity index (χ3v) is 4.81. The number of nitrogens with one attached hydrogen (secondary N) is 1. The van der Waals surface area contributed by atoms with Crippen LogP contribution in [0.1, 0.15) is 29.6 Å². The molecule has 1 N–H and O–H groups in total. The minimum absolute atomic E-state index is 0.0992. The van der Waals surface area contributed by atoms with Gasteiger partial charge in [-0.15, -0.1) is 11.8 Å². The zero-order valence-electron chi connectivity index (χ0n) is 13.5. The lowest BCUT2D eigenvalue weighted by molar-refractivity contribution is -0.127. The second-order valence-electron chi connectivity index (χ2n) is 5.47. The van der Waals surface area contributed by atoms with Crippen LogP contribution in [-0.4, -0.2) is 55.8 Å². The number of benzene rings is 1. The molecule has 0 spiro atoms. The van der Waals surface area contributed by atoms with Gasteiger partial charge >= 0.3 is 0 Å². The van der Waals surface area contributed by atoms with Gasteiger partial charge in [-0.05, 0) is 31.4 Å². The molecular formula is C17H24N2O3S. The summed E-state index contributed by atoms with van der Waals surface area (Å²) in [4.78, 5) is 27.2. The molecular weight excluding hydrogens is 312 g/mol. The van der Waals surface area contributed by atoms with Gasteiger partial charge in [-0.2, -0.15) is 0 Å². The Morgan fingerprint density at radius 1 is 1.26 bits per heavy atom. The Labute approximate surface area is 141 Å². The predicted molar refractivity (Wildman–Crippen MR) is 91.8 cm³/mol. The van der Waals surface area contributed by atoms with E-state index in [4.69, 9.17) is 4.74 Å². The van der Waals surface area contributed by atoms with Crippen LogP contribution in [0.25, 0.3) is 0 Å². The highest BCUT2D eigenvalue weighted by Gasteiger charge is 2.19. The first-order valence-corrected chi connectivity index (χ1v) is 8.97. The van der Waals surface area contributed by atoms with Crippen LogP contribution in [0.2, 0.25) is 0 Å². The highest BCUT2D eigenvalue weighted by molar-refractivity contribution is 8.00. The van der Waals surface area contributed by atoms with Crippen molar-refractivity contribution in [3.63, 3.8) is 0 Å². The van der Waals surface area contributed by atoms with E-state index in [9.17, 15) is 9.59 Å². The molecule has 23 heavy (non-hydrogen) atoms. The Kier molecular flexibility index (Phi) is 7.42. The van der Waals surface area contributed by atoms with Crippen molar-refractivity contribution in [2.75, 3.05) is 39.1 Å². The number of hydrogen-bond acceptors (Lipinski definition) is 4. The summed E-state index contributed by atoms with van der Waals surface area (Å²) in [6, 6.07) is 7.43. The van der Waals surface area contributed by atoms with Crippen LogP contribution in [0.4, 0.5) is 0 Å². The van der Waals surface area contributed by atoms with Crippen LogP contribution in [-0.2, 0) is 9.53 Å². The van der Waals surface area contributed by atoms with E-state index in [0.29, 0.717) is 24.5 Å². The number of carbonyl (C=O) groups is 2. The summed E-state index contributed by atoms with van der Waals surface area (Å²) in [5.74, 6) is 0.439. The second kappa shape index (κ2) is 9.57. The molecule has 0 aromatic heterocycles. The molecule has 0 bridgehead atoms.